The maximum atomic E-state index is 13.2. The lowest BCUT2D eigenvalue weighted by Crippen LogP contribution is -2.52. The number of fused-ring (bicyclic) bond motifs is 1. The first kappa shape index (κ1) is 20.0. The summed E-state index contributed by atoms with van der Waals surface area (Å²) >= 11 is 0. The van der Waals surface area contributed by atoms with Gasteiger partial charge in [0, 0.05) is 38.8 Å². The second kappa shape index (κ2) is 7.49. The summed E-state index contributed by atoms with van der Waals surface area (Å²) < 4.78 is 34.9. The Hall–Kier alpha value is -2.33. The van der Waals surface area contributed by atoms with Gasteiger partial charge in [-0.05, 0) is 18.6 Å². The van der Waals surface area contributed by atoms with E-state index in [1.165, 1.54) is 5.01 Å². The molecular formula is C19H25N3O6S. The molecule has 3 aliphatic rings. The van der Waals surface area contributed by atoms with Crippen molar-refractivity contribution in [1.29, 1.82) is 0 Å². The molecule has 2 atom stereocenters. The van der Waals surface area contributed by atoms with Crippen molar-refractivity contribution in [3.05, 3.63) is 18.2 Å². The molecule has 4 rings (SSSR count). The SMILES string of the molecule is CN(C)N(C(=O)C1CC(=O)N(c2ccc3c(c2)OCCO3)C1)C1CCS(=O)(=O)C1. The number of benzene rings is 1. The van der Waals surface area contributed by atoms with Gasteiger partial charge in [-0.15, -0.1) is 0 Å². The van der Waals surface area contributed by atoms with E-state index in [9.17, 15) is 18.0 Å². The molecule has 2 amide bonds. The van der Waals surface area contributed by atoms with E-state index in [0.29, 0.717) is 36.8 Å². The first-order valence-electron chi connectivity index (χ1n) is 9.66. The molecule has 0 aromatic heterocycles. The van der Waals surface area contributed by atoms with Gasteiger partial charge in [0.05, 0.1) is 23.5 Å². The van der Waals surface area contributed by atoms with Crippen LogP contribution in [0.25, 0.3) is 0 Å². The minimum Gasteiger partial charge on any atom is -0.486 e. The zero-order valence-electron chi connectivity index (χ0n) is 16.5. The van der Waals surface area contributed by atoms with Crippen LogP contribution in [-0.2, 0) is 19.4 Å². The number of hydrogen-bond donors (Lipinski definition) is 0. The summed E-state index contributed by atoms with van der Waals surface area (Å²) in [6.45, 7) is 1.19. The number of nitrogens with zero attached hydrogens (tertiary/aromatic N) is 3. The maximum Gasteiger partial charge on any atom is 0.242 e. The Morgan fingerprint density at radius 2 is 1.90 bits per heavy atom. The third-order valence-corrected chi connectivity index (χ3v) is 7.27. The molecule has 3 heterocycles. The molecule has 1 aromatic rings. The highest BCUT2D eigenvalue weighted by Crippen LogP contribution is 2.36. The molecule has 0 radical (unpaired) electrons. The van der Waals surface area contributed by atoms with Gasteiger partial charge in [-0.2, -0.15) is 0 Å². The molecule has 2 unspecified atom stereocenters. The number of rotatable bonds is 4. The van der Waals surface area contributed by atoms with Crippen LogP contribution < -0.4 is 14.4 Å². The second-order valence-corrected chi connectivity index (χ2v) is 10.0. The summed E-state index contributed by atoms with van der Waals surface area (Å²) in [4.78, 5) is 27.4. The number of hydrazine groups is 1. The molecule has 2 saturated heterocycles. The van der Waals surface area contributed by atoms with Crippen LogP contribution in [0.15, 0.2) is 18.2 Å². The Labute approximate surface area is 170 Å². The predicted octanol–water partition coefficient (Wildman–Crippen LogP) is 0.303. The van der Waals surface area contributed by atoms with Gasteiger partial charge in [0.2, 0.25) is 11.8 Å². The normalized spacial score (nSPS) is 25.5. The molecule has 1 aromatic carbocycles. The predicted molar refractivity (Wildman–Crippen MR) is 105 cm³/mol. The van der Waals surface area contributed by atoms with E-state index in [1.54, 1.807) is 42.2 Å². The highest BCUT2D eigenvalue weighted by molar-refractivity contribution is 7.91. The average molecular weight is 423 g/mol. The molecule has 2 fully saturated rings. The van der Waals surface area contributed by atoms with Gasteiger partial charge in [-0.25, -0.2) is 13.4 Å². The van der Waals surface area contributed by atoms with Gasteiger partial charge in [-0.3, -0.25) is 14.6 Å². The van der Waals surface area contributed by atoms with Crippen molar-refractivity contribution in [2.75, 3.05) is 50.3 Å². The Morgan fingerprint density at radius 3 is 2.55 bits per heavy atom. The molecule has 158 valence electrons. The van der Waals surface area contributed by atoms with Crippen molar-refractivity contribution in [2.45, 2.75) is 18.9 Å². The fraction of sp³-hybridized carbons (Fsp3) is 0.579. The van der Waals surface area contributed by atoms with E-state index in [0.717, 1.165) is 0 Å². The van der Waals surface area contributed by atoms with Gasteiger partial charge < -0.3 is 14.4 Å². The number of ether oxygens (including phenoxy) is 2. The van der Waals surface area contributed by atoms with Gasteiger partial charge >= 0.3 is 0 Å². The van der Waals surface area contributed by atoms with Gasteiger partial charge in [0.15, 0.2) is 21.3 Å². The summed E-state index contributed by atoms with van der Waals surface area (Å²) in [5.41, 5.74) is 0.661. The topological polar surface area (TPSA) is 96.5 Å². The molecule has 0 spiro atoms. The first-order valence-corrected chi connectivity index (χ1v) is 11.5. The van der Waals surface area contributed by atoms with Crippen molar-refractivity contribution >= 4 is 27.3 Å². The zero-order valence-corrected chi connectivity index (χ0v) is 17.4. The van der Waals surface area contributed by atoms with Gasteiger partial charge in [0.25, 0.3) is 0 Å². The van der Waals surface area contributed by atoms with Crippen LogP contribution >= 0.6 is 0 Å². The third kappa shape index (κ3) is 3.91. The number of carbonyl (C=O) groups excluding carboxylic acids is 2. The van der Waals surface area contributed by atoms with Crippen molar-refractivity contribution in [3.8, 4) is 11.5 Å². The molecule has 0 bridgehead atoms. The van der Waals surface area contributed by atoms with Crippen LogP contribution in [0.3, 0.4) is 0 Å². The lowest BCUT2D eigenvalue weighted by molar-refractivity contribution is -0.153. The number of hydrogen-bond acceptors (Lipinski definition) is 7. The van der Waals surface area contributed by atoms with Crippen molar-refractivity contribution < 1.29 is 27.5 Å². The highest BCUT2D eigenvalue weighted by Gasteiger charge is 2.42. The Balaban J connectivity index is 1.51. The lowest BCUT2D eigenvalue weighted by atomic mass is 10.1. The van der Waals surface area contributed by atoms with E-state index in [-0.39, 0.29) is 42.3 Å². The fourth-order valence-corrected chi connectivity index (χ4v) is 5.87. The monoisotopic (exact) mass is 423 g/mol. The zero-order chi connectivity index (χ0) is 20.8. The maximum absolute atomic E-state index is 13.2. The smallest absolute Gasteiger partial charge is 0.242 e. The summed E-state index contributed by atoms with van der Waals surface area (Å²) in [5.74, 6) is 0.388. The summed E-state index contributed by atoms with van der Waals surface area (Å²) in [7, 11) is 0.313. The van der Waals surface area contributed by atoms with Crippen molar-refractivity contribution in [1.82, 2.24) is 10.0 Å². The molecule has 9 nitrogen and oxygen atoms in total. The highest BCUT2D eigenvalue weighted by atomic mass is 32.2. The lowest BCUT2D eigenvalue weighted by Gasteiger charge is -2.35. The Kier molecular flexibility index (Phi) is 5.16. The molecular weight excluding hydrogens is 398 g/mol. The van der Waals surface area contributed by atoms with E-state index in [2.05, 4.69) is 0 Å². The molecule has 29 heavy (non-hydrogen) atoms. The number of carbonyl (C=O) groups is 2. The first-order chi connectivity index (χ1) is 13.7. The molecule has 3 aliphatic heterocycles. The standard InChI is InChI=1S/C19H25N3O6S/c1-20(2)22(15-5-8-29(25,26)12-15)19(24)13-9-18(23)21(11-13)14-3-4-16-17(10-14)28-7-6-27-16/h3-4,10,13,15H,5-9,11-12H2,1-2H3. The van der Waals surface area contributed by atoms with E-state index in [4.69, 9.17) is 9.47 Å². The van der Waals surface area contributed by atoms with Crippen molar-refractivity contribution in [3.63, 3.8) is 0 Å². The van der Waals surface area contributed by atoms with Crippen LogP contribution in [0.1, 0.15) is 12.8 Å². The summed E-state index contributed by atoms with van der Waals surface area (Å²) in [6, 6.07) is 4.92. The number of anilines is 1. The molecule has 0 aliphatic carbocycles. The van der Waals surface area contributed by atoms with Crippen molar-refractivity contribution in [2.24, 2.45) is 5.92 Å². The fourth-order valence-electron chi connectivity index (χ4n) is 4.18. The minimum absolute atomic E-state index is 0.0382. The van der Waals surface area contributed by atoms with Crippen LogP contribution in [-0.4, -0.2) is 81.7 Å². The molecule has 10 heteroatoms. The van der Waals surface area contributed by atoms with E-state index < -0.39 is 15.8 Å². The number of amides is 2. The van der Waals surface area contributed by atoms with Crippen LogP contribution in [0, 0.1) is 5.92 Å². The van der Waals surface area contributed by atoms with Gasteiger partial charge in [-0.1, -0.05) is 0 Å². The van der Waals surface area contributed by atoms with E-state index in [1.807, 2.05) is 0 Å². The summed E-state index contributed by atoms with van der Waals surface area (Å²) in [6.07, 6.45) is 0.510. The minimum atomic E-state index is -3.13. The van der Waals surface area contributed by atoms with Crippen LogP contribution in [0.4, 0.5) is 5.69 Å². The largest absolute Gasteiger partial charge is 0.486 e. The quantitative estimate of drug-likeness (QED) is 0.643. The number of sulfone groups is 1. The third-order valence-electron chi connectivity index (χ3n) is 5.52. The Bertz CT molecular complexity index is 932. The van der Waals surface area contributed by atoms with Crippen LogP contribution in [0.2, 0.25) is 0 Å². The summed E-state index contributed by atoms with van der Waals surface area (Å²) in [5, 5.41) is 3.14. The van der Waals surface area contributed by atoms with E-state index >= 15 is 0 Å². The Morgan fingerprint density at radius 1 is 1.17 bits per heavy atom. The van der Waals surface area contributed by atoms with Gasteiger partial charge in [0.1, 0.15) is 13.2 Å². The van der Waals surface area contributed by atoms with Crippen LogP contribution in [0.5, 0.6) is 11.5 Å². The second-order valence-electron chi connectivity index (χ2n) is 7.82. The average Bonchev–Trinajstić information content (AvgIpc) is 3.23. The molecule has 0 saturated carbocycles. The molecule has 0 N–H and O–H groups in total.